The summed E-state index contributed by atoms with van der Waals surface area (Å²) in [5, 5.41) is 0. The van der Waals surface area contributed by atoms with Gasteiger partial charge in [-0.1, -0.05) is 6.42 Å². The van der Waals surface area contributed by atoms with Gasteiger partial charge in [-0.05, 0) is 44.9 Å². The van der Waals surface area contributed by atoms with Gasteiger partial charge in [0.1, 0.15) is 11.5 Å². The molecule has 2 N–H and O–H groups in total. The van der Waals surface area contributed by atoms with E-state index < -0.39 is 0 Å². The summed E-state index contributed by atoms with van der Waals surface area (Å²) < 4.78 is 5.69. The van der Waals surface area contributed by atoms with Crippen molar-refractivity contribution in [2.24, 2.45) is 5.73 Å². The Bertz CT molecular complexity index is 286. The van der Waals surface area contributed by atoms with Gasteiger partial charge in [-0.2, -0.15) is 0 Å². The Hall–Kier alpha value is -0.760. The highest BCUT2D eigenvalue weighted by atomic mass is 16.3. The molecule has 1 aliphatic rings. The largest absolute Gasteiger partial charge is 0.466 e. The molecule has 1 saturated carbocycles. The molecule has 0 saturated heterocycles. The molecule has 0 aliphatic heterocycles. The second-order valence-corrected chi connectivity index (χ2v) is 4.08. The molecule has 0 radical (unpaired) electrons. The van der Waals surface area contributed by atoms with Crippen molar-refractivity contribution in [3.8, 4) is 0 Å². The van der Waals surface area contributed by atoms with Crippen LogP contribution < -0.4 is 5.73 Å². The van der Waals surface area contributed by atoms with Crippen LogP contribution in [-0.2, 0) is 5.41 Å². The second-order valence-electron chi connectivity index (χ2n) is 4.08. The van der Waals surface area contributed by atoms with Crippen LogP contribution in [0.4, 0.5) is 0 Å². The van der Waals surface area contributed by atoms with E-state index >= 15 is 0 Å². The van der Waals surface area contributed by atoms with Crippen LogP contribution in [-0.4, -0.2) is 6.54 Å². The number of furan rings is 1. The lowest BCUT2D eigenvalue weighted by Crippen LogP contribution is -2.35. The molecule has 1 fully saturated rings. The molecule has 0 bridgehead atoms. The van der Waals surface area contributed by atoms with Gasteiger partial charge in [0.2, 0.25) is 0 Å². The fraction of sp³-hybridized carbons (Fsp3) is 0.636. The Balaban J connectivity index is 2.21. The molecule has 13 heavy (non-hydrogen) atoms. The second kappa shape index (κ2) is 3.18. The first-order valence-corrected chi connectivity index (χ1v) is 5.04. The van der Waals surface area contributed by atoms with Crippen LogP contribution in [0.2, 0.25) is 0 Å². The van der Waals surface area contributed by atoms with E-state index in [0.717, 1.165) is 24.5 Å². The van der Waals surface area contributed by atoms with Crippen molar-refractivity contribution >= 4 is 0 Å². The van der Waals surface area contributed by atoms with E-state index in [1.807, 2.05) is 13.0 Å². The molecule has 0 aromatic carbocycles. The average Bonchev–Trinajstić information content (AvgIpc) is 2.44. The Morgan fingerprint density at radius 3 is 2.62 bits per heavy atom. The summed E-state index contributed by atoms with van der Waals surface area (Å²) in [6.45, 7) is 2.76. The monoisotopic (exact) mass is 179 g/mol. The highest BCUT2D eigenvalue weighted by Gasteiger charge is 2.40. The number of hydrogen-bond acceptors (Lipinski definition) is 2. The van der Waals surface area contributed by atoms with Gasteiger partial charge in [-0.15, -0.1) is 0 Å². The molecule has 1 aliphatic carbocycles. The molecule has 1 aromatic heterocycles. The van der Waals surface area contributed by atoms with Gasteiger partial charge in [0.15, 0.2) is 0 Å². The summed E-state index contributed by atoms with van der Waals surface area (Å²) in [5.74, 6) is 2.17. The molecule has 1 heterocycles. The topological polar surface area (TPSA) is 39.2 Å². The van der Waals surface area contributed by atoms with Gasteiger partial charge in [-0.3, -0.25) is 0 Å². The van der Waals surface area contributed by atoms with Crippen LogP contribution in [0.5, 0.6) is 0 Å². The molecule has 0 unspecified atom stereocenters. The first-order chi connectivity index (χ1) is 6.27. The van der Waals surface area contributed by atoms with E-state index in [4.69, 9.17) is 10.2 Å². The smallest absolute Gasteiger partial charge is 0.110 e. The zero-order chi connectivity index (χ0) is 9.31. The van der Waals surface area contributed by atoms with Gasteiger partial charge in [0.05, 0.1) is 0 Å². The van der Waals surface area contributed by atoms with Gasteiger partial charge < -0.3 is 10.2 Å². The minimum Gasteiger partial charge on any atom is -0.466 e. The molecule has 1 aromatic rings. The van der Waals surface area contributed by atoms with Gasteiger partial charge >= 0.3 is 0 Å². The Kier molecular flexibility index (Phi) is 2.16. The van der Waals surface area contributed by atoms with Crippen molar-refractivity contribution in [2.45, 2.75) is 38.0 Å². The van der Waals surface area contributed by atoms with Crippen molar-refractivity contribution < 1.29 is 4.42 Å². The third-order valence-electron chi connectivity index (χ3n) is 3.20. The van der Waals surface area contributed by atoms with E-state index in [9.17, 15) is 0 Å². The fourth-order valence-electron chi connectivity index (χ4n) is 2.22. The molecule has 2 heteroatoms. The molecule has 0 amide bonds. The number of hydrogen-bond donors (Lipinski definition) is 1. The third kappa shape index (κ3) is 1.39. The van der Waals surface area contributed by atoms with Crippen molar-refractivity contribution in [1.29, 1.82) is 0 Å². The normalized spacial score (nSPS) is 19.8. The minimum absolute atomic E-state index is 0.295. The fourth-order valence-corrected chi connectivity index (χ4v) is 2.22. The maximum absolute atomic E-state index is 5.69. The molecular formula is C11H17NO. The quantitative estimate of drug-likeness (QED) is 0.773. The Morgan fingerprint density at radius 2 is 2.23 bits per heavy atom. The molecule has 0 atom stereocenters. The van der Waals surface area contributed by atoms with Crippen molar-refractivity contribution in [3.05, 3.63) is 23.7 Å². The lowest BCUT2D eigenvalue weighted by molar-refractivity contribution is 0.186. The predicted octanol–water partition coefficient (Wildman–Crippen LogP) is 2.36. The summed E-state index contributed by atoms with van der Waals surface area (Å²) >= 11 is 0. The van der Waals surface area contributed by atoms with E-state index in [2.05, 4.69) is 6.07 Å². The Labute approximate surface area is 79.1 Å². The van der Waals surface area contributed by atoms with Crippen molar-refractivity contribution in [3.63, 3.8) is 0 Å². The van der Waals surface area contributed by atoms with Crippen LogP contribution in [0, 0.1) is 6.92 Å². The average molecular weight is 179 g/mol. The molecule has 72 valence electrons. The van der Waals surface area contributed by atoms with Crippen LogP contribution in [0.25, 0.3) is 0 Å². The van der Waals surface area contributed by atoms with Crippen molar-refractivity contribution in [2.75, 3.05) is 6.54 Å². The first-order valence-electron chi connectivity index (χ1n) is 5.04. The van der Waals surface area contributed by atoms with E-state index in [0.29, 0.717) is 5.41 Å². The van der Waals surface area contributed by atoms with E-state index in [-0.39, 0.29) is 0 Å². The standard InChI is InChI=1S/C11H17NO/c1-9-3-4-10(13-9)11(7-8-12)5-2-6-11/h3-4H,2,5-8,12H2,1H3. The SMILES string of the molecule is Cc1ccc(C2(CCN)CCC2)o1. The lowest BCUT2D eigenvalue weighted by atomic mass is 9.65. The zero-order valence-corrected chi connectivity index (χ0v) is 8.18. The third-order valence-corrected chi connectivity index (χ3v) is 3.20. The summed E-state index contributed by atoms with van der Waals surface area (Å²) in [6, 6.07) is 4.16. The zero-order valence-electron chi connectivity index (χ0n) is 8.18. The highest BCUT2D eigenvalue weighted by Crippen LogP contribution is 2.46. The predicted molar refractivity (Wildman–Crippen MR) is 52.6 cm³/mol. The van der Waals surface area contributed by atoms with Crippen molar-refractivity contribution in [1.82, 2.24) is 0 Å². The summed E-state index contributed by atoms with van der Waals surface area (Å²) in [6.07, 6.45) is 4.88. The Morgan fingerprint density at radius 1 is 1.46 bits per heavy atom. The van der Waals surface area contributed by atoms with Crippen LogP contribution in [0.1, 0.15) is 37.2 Å². The van der Waals surface area contributed by atoms with Crippen LogP contribution >= 0.6 is 0 Å². The number of rotatable bonds is 3. The summed E-state index contributed by atoms with van der Waals surface area (Å²) in [5.41, 5.74) is 5.92. The highest BCUT2D eigenvalue weighted by molar-refractivity contribution is 5.20. The molecular weight excluding hydrogens is 162 g/mol. The van der Waals surface area contributed by atoms with Gasteiger partial charge in [0, 0.05) is 5.41 Å². The molecule has 2 nitrogen and oxygen atoms in total. The minimum atomic E-state index is 0.295. The van der Waals surface area contributed by atoms with Gasteiger partial charge in [-0.25, -0.2) is 0 Å². The van der Waals surface area contributed by atoms with Crippen LogP contribution in [0.3, 0.4) is 0 Å². The summed E-state index contributed by atoms with van der Waals surface area (Å²) in [7, 11) is 0. The lowest BCUT2D eigenvalue weighted by Gasteiger charge is -2.40. The van der Waals surface area contributed by atoms with Gasteiger partial charge in [0.25, 0.3) is 0 Å². The first kappa shape index (κ1) is 8.82. The molecule has 0 spiro atoms. The maximum Gasteiger partial charge on any atom is 0.110 e. The van der Waals surface area contributed by atoms with E-state index in [1.54, 1.807) is 0 Å². The summed E-state index contributed by atoms with van der Waals surface area (Å²) in [4.78, 5) is 0. The van der Waals surface area contributed by atoms with Crippen LogP contribution in [0.15, 0.2) is 16.5 Å². The number of aryl methyl sites for hydroxylation is 1. The molecule has 2 rings (SSSR count). The maximum atomic E-state index is 5.69. The number of nitrogens with two attached hydrogens (primary N) is 1. The van der Waals surface area contributed by atoms with E-state index in [1.165, 1.54) is 19.3 Å².